The van der Waals surface area contributed by atoms with Crippen molar-refractivity contribution in [3.63, 3.8) is 0 Å². The lowest BCUT2D eigenvalue weighted by atomic mass is 9.72. The fourth-order valence-electron chi connectivity index (χ4n) is 6.69. The Labute approximate surface area is 193 Å². The van der Waals surface area contributed by atoms with Gasteiger partial charge in [0.05, 0.1) is 17.1 Å². The van der Waals surface area contributed by atoms with Crippen LogP contribution in [0.4, 0.5) is 4.39 Å². The van der Waals surface area contributed by atoms with Crippen molar-refractivity contribution in [3.05, 3.63) is 65.6 Å². The standard InChI is InChI=1S/C27H30FN3O2/c28-21-5-2-4-20(16-21)27(9-11-33-12-10-27)26(32)31-22-7-8-23(31)15-18(14-22)13-19-3-1-6-25-24(19)17-29-30-25/h1-6,16-18,22-23H,7-15H2,(H,29,30). The number of carbonyl (C=O) groups is 1. The quantitative estimate of drug-likeness (QED) is 0.627. The Morgan fingerprint density at radius 1 is 1.12 bits per heavy atom. The molecule has 0 aliphatic carbocycles. The number of hydrogen-bond acceptors (Lipinski definition) is 3. The number of nitrogens with one attached hydrogen (secondary N) is 1. The predicted octanol–water partition coefficient (Wildman–Crippen LogP) is 4.76. The average molecular weight is 448 g/mol. The molecule has 0 saturated carbocycles. The Hall–Kier alpha value is -2.73. The Kier molecular flexibility index (Phi) is 5.21. The van der Waals surface area contributed by atoms with E-state index in [1.54, 1.807) is 12.1 Å². The molecule has 3 aliphatic heterocycles. The number of rotatable bonds is 4. The third-order valence-electron chi connectivity index (χ3n) is 8.28. The molecule has 6 rings (SSSR count). The van der Waals surface area contributed by atoms with Crippen molar-refractivity contribution in [2.75, 3.05) is 13.2 Å². The van der Waals surface area contributed by atoms with Gasteiger partial charge in [-0.15, -0.1) is 0 Å². The van der Waals surface area contributed by atoms with Crippen LogP contribution in [0.25, 0.3) is 10.9 Å². The van der Waals surface area contributed by atoms with E-state index in [0.29, 0.717) is 32.0 Å². The number of carbonyl (C=O) groups excluding carboxylic acids is 1. The highest BCUT2D eigenvalue weighted by molar-refractivity contribution is 5.89. The molecule has 172 valence electrons. The maximum Gasteiger partial charge on any atom is 0.233 e. The molecule has 3 aromatic rings. The zero-order chi connectivity index (χ0) is 22.4. The number of nitrogens with zero attached hydrogens (tertiary/aromatic N) is 2. The van der Waals surface area contributed by atoms with Crippen LogP contribution in [0.15, 0.2) is 48.7 Å². The molecule has 2 unspecified atom stereocenters. The molecule has 2 bridgehead atoms. The molecule has 3 fully saturated rings. The third-order valence-corrected chi connectivity index (χ3v) is 8.28. The molecular weight excluding hydrogens is 417 g/mol. The summed E-state index contributed by atoms with van der Waals surface area (Å²) in [7, 11) is 0. The zero-order valence-corrected chi connectivity index (χ0v) is 18.8. The van der Waals surface area contributed by atoms with Crippen LogP contribution >= 0.6 is 0 Å². The van der Waals surface area contributed by atoms with Crippen LogP contribution in [-0.4, -0.2) is 46.3 Å². The van der Waals surface area contributed by atoms with Crippen molar-refractivity contribution in [2.24, 2.45) is 5.92 Å². The van der Waals surface area contributed by atoms with Gasteiger partial charge in [0.15, 0.2) is 0 Å². The van der Waals surface area contributed by atoms with Gasteiger partial charge in [-0.05, 0) is 80.2 Å². The number of ether oxygens (including phenoxy) is 1. The molecule has 0 radical (unpaired) electrons. The van der Waals surface area contributed by atoms with Gasteiger partial charge in [-0.25, -0.2) is 4.39 Å². The van der Waals surface area contributed by atoms with E-state index in [0.717, 1.165) is 43.2 Å². The third kappa shape index (κ3) is 3.55. The number of aromatic nitrogens is 2. The smallest absolute Gasteiger partial charge is 0.233 e. The molecule has 3 aliphatic rings. The maximum absolute atomic E-state index is 14.2. The minimum absolute atomic E-state index is 0.194. The second-order valence-electron chi connectivity index (χ2n) is 10.1. The number of benzene rings is 2. The number of piperidine rings is 1. The summed E-state index contributed by atoms with van der Waals surface area (Å²) in [5.41, 5.74) is 2.56. The molecule has 1 aromatic heterocycles. The minimum Gasteiger partial charge on any atom is -0.381 e. The van der Waals surface area contributed by atoms with Crippen molar-refractivity contribution in [3.8, 4) is 0 Å². The Balaban J connectivity index is 1.25. The fraction of sp³-hybridized carbons (Fsp3) is 0.481. The van der Waals surface area contributed by atoms with Crippen LogP contribution in [0.3, 0.4) is 0 Å². The normalized spacial score (nSPS) is 26.6. The van der Waals surface area contributed by atoms with E-state index in [-0.39, 0.29) is 23.8 Å². The monoisotopic (exact) mass is 447 g/mol. The predicted molar refractivity (Wildman–Crippen MR) is 124 cm³/mol. The van der Waals surface area contributed by atoms with E-state index < -0.39 is 5.41 Å². The number of halogens is 1. The number of amides is 1. The molecule has 1 N–H and O–H groups in total. The molecule has 2 aromatic carbocycles. The molecule has 6 heteroatoms. The van der Waals surface area contributed by atoms with E-state index in [1.807, 2.05) is 12.3 Å². The number of fused-ring (bicyclic) bond motifs is 3. The van der Waals surface area contributed by atoms with Gasteiger partial charge >= 0.3 is 0 Å². The summed E-state index contributed by atoms with van der Waals surface area (Å²) >= 11 is 0. The molecule has 4 heterocycles. The van der Waals surface area contributed by atoms with Gasteiger partial charge in [0, 0.05) is 30.7 Å². The van der Waals surface area contributed by atoms with Gasteiger partial charge in [-0.3, -0.25) is 9.89 Å². The summed E-state index contributed by atoms with van der Waals surface area (Å²) in [4.78, 5) is 16.4. The van der Waals surface area contributed by atoms with E-state index >= 15 is 0 Å². The van der Waals surface area contributed by atoms with E-state index in [9.17, 15) is 9.18 Å². The molecule has 3 saturated heterocycles. The lowest BCUT2D eigenvalue weighted by Gasteiger charge is -2.46. The van der Waals surface area contributed by atoms with Crippen molar-refractivity contribution in [1.29, 1.82) is 0 Å². The molecule has 0 spiro atoms. The number of aromatic amines is 1. The first-order valence-electron chi connectivity index (χ1n) is 12.2. The van der Waals surface area contributed by atoms with Crippen molar-refractivity contribution in [1.82, 2.24) is 15.1 Å². The summed E-state index contributed by atoms with van der Waals surface area (Å²) in [5, 5.41) is 8.49. The van der Waals surface area contributed by atoms with Crippen LogP contribution in [0.2, 0.25) is 0 Å². The highest BCUT2D eigenvalue weighted by Gasteiger charge is 2.51. The molecule has 2 atom stereocenters. The number of H-pyrrole nitrogens is 1. The van der Waals surface area contributed by atoms with Crippen LogP contribution < -0.4 is 0 Å². The van der Waals surface area contributed by atoms with Crippen LogP contribution in [0, 0.1) is 11.7 Å². The minimum atomic E-state index is -0.670. The van der Waals surface area contributed by atoms with Gasteiger partial charge in [0.1, 0.15) is 5.82 Å². The Morgan fingerprint density at radius 3 is 2.64 bits per heavy atom. The topological polar surface area (TPSA) is 58.2 Å². The molecule has 33 heavy (non-hydrogen) atoms. The molecule has 5 nitrogen and oxygen atoms in total. The van der Waals surface area contributed by atoms with Crippen molar-refractivity contribution >= 4 is 16.8 Å². The van der Waals surface area contributed by atoms with E-state index in [4.69, 9.17) is 4.74 Å². The summed E-state index contributed by atoms with van der Waals surface area (Å²) in [6.45, 7) is 1.09. The first-order valence-corrected chi connectivity index (χ1v) is 12.2. The van der Waals surface area contributed by atoms with Gasteiger partial charge in [-0.1, -0.05) is 24.3 Å². The van der Waals surface area contributed by atoms with Gasteiger partial charge in [0.2, 0.25) is 5.91 Å². The summed E-state index contributed by atoms with van der Waals surface area (Å²) in [5.74, 6) is 0.479. The summed E-state index contributed by atoms with van der Waals surface area (Å²) in [6, 6.07) is 13.6. The van der Waals surface area contributed by atoms with Gasteiger partial charge < -0.3 is 9.64 Å². The van der Waals surface area contributed by atoms with Crippen LogP contribution in [-0.2, 0) is 21.4 Å². The van der Waals surface area contributed by atoms with Crippen LogP contribution in [0.1, 0.15) is 49.7 Å². The van der Waals surface area contributed by atoms with Gasteiger partial charge in [0.25, 0.3) is 0 Å². The second-order valence-corrected chi connectivity index (χ2v) is 10.1. The first kappa shape index (κ1) is 20.8. The van der Waals surface area contributed by atoms with Crippen LogP contribution in [0.5, 0.6) is 0 Å². The Bertz CT molecular complexity index is 1150. The highest BCUT2D eigenvalue weighted by atomic mass is 19.1. The highest BCUT2D eigenvalue weighted by Crippen LogP contribution is 2.45. The maximum atomic E-state index is 14.2. The molecular formula is C27H30FN3O2. The second kappa shape index (κ2) is 8.24. The van der Waals surface area contributed by atoms with E-state index in [1.165, 1.54) is 17.0 Å². The zero-order valence-electron chi connectivity index (χ0n) is 18.8. The van der Waals surface area contributed by atoms with Crippen molar-refractivity contribution < 1.29 is 13.9 Å². The summed E-state index contributed by atoms with van der Waals surface area (Å²) in [6.07, 6.45) is 8.39. The van der Waals surface area contributed by atoms with Crippen molar-refractivity contribution in [2.45, 2.75) is 62.4 Å². The number of hydrogen-bond donors (Lipinski definition) is 1. The molecule has 1 amide bonds. The van der Waals surface area contributed by atoms with E-state index in [2.05, 4.69) is 33.3 Å². The fourth-order valence-corrected chi connectivity index (χ4v) is 6.69. The first-order chi connectivity index (χ1) is 16.1. The SMILES string of the molecule is O=C(N1C2CCC1CC(Cc1cccc3[nH]ncc13)C2)C1(c2cccc(F)c2)CCOCC1. The average Bonchev–Trinajstić information content (AvgIpc) is 3.42. The largest absolute Gasteiger partial charge is 0.381 e. The lowest BCUT2D eigenvalue weighted by Crippen LogP contribution is -2.56. The lowest BCUT2D eigenvalue weighted by molar-refractivity contribution is -0.146. The summed E-state index contributed by atoms with van der Waals surface area (Å²) < 4.78 is 19.8. The van der Waals surface area contributed by atoms with Gasteiger partial charge in [-0.2, -0.15) is 5.10 Å². The Morgan fingerprint density at radius 2 is 1.88 bits per heavy atom.